The maximum atomic E-state index is 14.0. The Balaban J connectivity index is 1.93. The van der Waals surface area contributed by atoms with Crippen molar-refractivity contribution < 1.29 is 18.0 Å². The fraction of sp³-hybridized carbons (Fsp3) is 0.375. The van der Waals surface area contributed by atoms with Crippen molar-refractivity contribution in [3.8, 4) is 0 Å². The van der Waals surface area contributed by atoms with Crippen LogP contribution in [0.4, 0.5) is 5.69 Å². The first-order valence-electron chi connectivity index (χ1n) is 13.8. The number of amides is 2. The van der Waals surface area contributed by atoms with Crippen molar-refractivity contribution in [2.24, 2.45) is 0 Å². The maximum Gasteiger partial charge on any atom is 0.243 e. The standard InChI is InChI=1S/C32H39Cl2N3O4S/c1-23-11-9-14-27(19-23)37(42(5,40)41)18-10-15-30(38)36(22-25-16-17-26(33)21-28(25)34)29(31(39)35-32(2,3)4)20-24-12-7-6-8-13-24/h6-9,11-14,16-17,19,21,29H,10,15,18,20,22H2,1-5H3,(H,35,39). The molecule has 3 aromatic carbocycles. The zero-order chi connectivity index (χ0) is 31.1. The Hall–Kier alpha value is -3.07. The van der Waals surface area contributed by atoms with Crippen LogP contribution in [0.15, 0.2) is 72.8 Å². The predicted molar refractivity (Wildman–Crippen MR) is 171 cm³/mol. The quantitative estimate of drug-likeness (QED) is 0.250. The number of benzene rings is 3. The predicted octanol–water partition coefficient (Wildman–Crippen LogP) is 6.40. The molecule has 0 aliphatic heterocycles. The van der Waals surface area contributed by atoms with Crippen molar-refractivity contribution >= 4 is 50.7 Å². The van der Waals surface area contributed by atoms with Gasteiger partial charge in [-0.15, -0.1) is 0 Å². The van der Waals surface area contributed by atoms with Gasteiger partial charge in [0.15, 0.2) is 0 Å². The molecule has 1 atom stereocenters. The van der Waals surface area contributed by atoms with Gasteiger partial charge in [0, 0.05) is 41.5 Å². The number of anilines is 1. The molecule has 1 N–H and O–H groups in total. The van der Waals surface area contributed by atoms with E-state index in [4.69, 9.17) is 23.2 Å². The minimum Gasteiger partial charge on any atom is -0.350 e. The highest BCUT2D eigenvalue weighted by atomic mass is 35.5. The van der Waals surface area contributed by atoms with E-state index in [1.165, 1.54) is 4.31 Å². The Kier molecular flexibility index (Phi) is 11.5. The second-order valence-electron chi connectivity index (χ2n) is 11.5. The summed E-state index contributed by atoms with van der Waals surface area (Å²) in [5.41, 5.74) is 2.49. The number of sulfonamides is 1. The molecule has 2 amide bonds. The van der Waals surface area contributed by atoms with Gasteiger partial charge >= 0.3 is 0 Å². The molecular weight excluding hydrogens is 593 g/mol. The van der Waals surface area contributed by atoms with Gasteiger partial charge in [-0.3, -0.25) is 13.9 Å². The number of hydrogen-bond donors (Lipinski definition) is 1. The fourth-order valence-corrected chi connectivity index (χ4v) is 6.05. The van der Waals surface area contributed by atoms with E-state index in [0.29, 0.717) is 27.7 Å². The summed E-state index contributed by atoms with van der Waals surface area (Å²) in [5, 5.41) is 3.88. The summed E-state index contributed by atoms with van der Waals surface area (Å²) in [6.45, 7) is 7.74. The number of halogens is 2. The maximum absolute atomic E-state index is 14.0. The van der Waals surface area contributed by atoms with E-state index < -0.39 is 21.6 Å². The largest absolute Gasteiger partial charge is 0.350 e. The van der Waals surface area contributed by atoms with E-state index in [1.54, 1.807) is 41.3 Å². The van der Waals surface area contributed by atoms with E-state index in [2.05, 4.69) is 5.32 Å². The number of nitrogens with one attached hydrogen (secondary N) is 1. The van der Waals surface area contributed by atoms with Gasteiger partial charge in [-0.1, -0.05) is 71.7 Å². The highest BCUT2D eigenvalue weighted by molar-refractivity contribution is 7.92. The Bertz CT molecular complexity index is 1490. The van der Waals surface area contributed by atoms with Crippen LogP contribution in [0.2, 0.25) is 10.0 Å². The lowest BCUT2D eigenvalue weighted by molar-refractivity contribution is -0.142. The molecule has 226 valence electrons. The molecule has 0 aliphatic carbocycles. The number of aryl methyl sites for hydroxylation is 1. The summed E-state index contributed by atoms with van der Waals surface area (Å²) in [7, 11) is -3.59. The Morgan fingerprint density at radius 3 is 2.24 bits per heavy atom. The molecule has 42 heavy (non-hydrogen) atoms. The van der Waals surface area contributed by atoms with Crippen LogP contribution in [-0.4, -0.2) is 49.5 Å². The molecule has 3 aromatic rings. The van der Waals surface area contributed by atoms with Crippen LogP contribution < -0.4 is 9.62 Å². The topological polar surface area (TPSA) is 86.8 Å². The van der Waals surface area contributed by atoms with E-state index in [0.717, 1.165) is 17.4 Å². The van der Waals surface area contributed by atoms with Crippen molar-refractivity contribution in [1.29, 1.82) is 0 Å². The van der Waals surface area contributed by atoms with Crippen LogP contribution in [0.5, 0.6) is 0 Å². The lowest BCUT2D eigenvalue weighted by Gasteiger charge is -2.34. The van der Waals surface area contributed by atoms with Gasteiger partial charge in [-0.25, -0.2) is 8.42 Å². The van der Waals surface area contributed by atoms with Crippen LogP contribution in [0, 0.1) is 6.92 Å². The average Bonchev–Trinajstić information content (AvgIpc) is 2.88. The van der Waals surface area contributed by atoms with Crippen LogP contribution in [0.25, 0.3) is 0 Å². The summed E-state index contributed by atoms with van der Waals surface area (Å²) in [6.07, 6.45) is 1.72. The second-order valence-corrected chi connectivity index (χ2v) is 14.2. The Labute approximate surface area is 259 Å². The van der Waals surface area contributed by atoms with Crippen molar-refractivity contribution in [3.63, 3.8) is 0 Å². The summed E-state index contributed by atoms with van der Waals surface area (Å²) >= 11 is 12.6. The first kappa shape index (κ1) is 33.4. The number of carbonyl (C=O) groups is 2. The summed E-state index contributed by atoms with van der Waals surface area (Å²) in [4.78, 5) is 29.2. The van der Waals surface area contributed by atoms with E-state index >= 15 is 0 Å². The monoisotopic (exact) mass is 631 g/mol. The first-order chi connectivity index (χ1) is 19.6. The van der Waals surface area contributed by atoms with Crippen molar-refractivity contribution in [1.82, 2.24) is 10.2 Å². The zero-order valence-corrected chi connectivity index (χ0v) is 27.1. The van der Waals surface area contributed by atoms with Gasteiger partial charge in [0.25, 0.3) is 0 Å². The SMILES string of the molecule is Cc1cccc(N(CCCC(=O)N(Cc2ccc(Cl)cc2Cl)C(Cc2ccccc2)C(=O)NC(C)(C)C)S(C)(=O)=O)c1. The molecule has 0 saturated heterocycles. The van der Waals surface area contributed by atoms with Crippen LogP contribution in [0.3, 0.4) is 0 Å². The minimum atomic E-state index is -3.59. The average molecular weight is 633 g/mol. The van der Waals surface area contributed by atoms with Crippen molar-refractivity contribution in [2.45, 2.75) is 65.1 Å². The Morgan fingerprint density at radius 1 is 0.952 bits per heavy atom. The third kappa shape index (κ3) is 10.0. The highest BCUT2D eigenvalue weighted by Gasteiger charge is 2.32. The highest BCUT2D eigenvalue weighted by Crippen LogP contribution is 2.25. The molecule has 0 fully saturated rings. The van der Waals surface area contributed by atoms with Crippen LogP contribution in [0.1, 0.15) is 50.3 Å². The van der Waals surface area contributed by atoms with Gasteiger partial charge in [0.05, 0.1) is 11.9 Å². The first-order valence-corrected chi connectivity index (χ1v) is 16.4. The number of rotatable bonds is 12. The van der Waals surface area contributed by atoms with Gasteiger partial charge in [0.2, 0.25) is 21.8 Å². The third-order valence-electron chi connectivity index (χ3n) is 6.57. The number of carbonyl (C=O) groups excluding carboxylic acids is 2. The summed E-state index contributed by atoms with van der Waals surface area (Å²) in [5.74, 6) is -0.578. The molecule has 0 radical (unpaired) electrons. The Morgan fingerprint density at radius 2 is 1.64 bits per heavy atom. The van der Waals surface area contributed by atoms with Gasteiger partial charge in [0.1, 0.15) is 6.04 Å². The van der Waals surface area contributed by atoms with Gasteiger partial charge in [-0.05, 0) is 75.1 Å². The smallest absolute Gasteiger partial charge is 0.243 e. The fourth-order valence-electron chi connectivity index (χ4n) is 4.63. The van der Waals surface area contributed by atoms with Crippen LogP contribution in [-0.2, 0) is 32.6 Å². The lowest BCUT2D eigenvalue weighted by atomic mass is 10.00. The van der Waals surface area contributed by atoms with E-state index in [-0.39, 0.29) is 37.7 Å². The zero-order valence-electron chi connectivity index (χ0n) is 24.7. The minimum absolute atomic E-state index is 0.0249. The molecule has 1 unspecified atom stereocenters. The second kappa shape index (κ2) is 14.4. The molecule has 0 heterocycles. The third-order valence-corrected chi connectivity index (χ3v) is 8.35. The number of nitrogens with zero attached hydrogens (tertiary/aromatic N) is 2. The van der Waals surface area contributed by atoms with E-state index in [9.17, 15) is 18.0 Å². The van der Waals surface area contributed by atoms with Crippen LogP contribution >= 0.6 is 23.2 Å². The molecule has 0 bridgehead atoms. The molecule has 7 nitrogen and oxygen atoms in total. The molecule has 3 rings (SSSR count). The van der Waals surface area contributed by atoms with Crippen molar-refractivity contribution in [2.75, 3.05) is 17.1 Å². The van der Waals surface area contributed by atoms with Gasteiger partial charge in [-0.2, -0.15) is 0 Å². The van der Waals surface area contributed by atoms with Gasteiger partial charge < -0.3 is 10.2 Å². The summed E-state index contributed by atoms with van der Waals surface area (Å²) in [6, 6.07) is 20.9. The summed E-state index contributed by atoms with van der Waals surface area (Å²) < 4.78 is 26.6. The number of hydrogen-bond acceptors (Lipinski definition) is 4. The molecule has 0 spiro atoms. The molecule has 0 saturated carbocycles. The molecule has 0 aromatic heterocycles. The van der Waals surface area contributed by atoms with E-state index in [1.807, 2.05) is 64.1 Å². The molecule has 10 heteroatoms. The van der Waals surface area contributed by atoms with Crippen molar-refractivity contribution in [3.05, 3.63) is 99.5 Å². The normalized spacial score (nSPS) is 12.5. The molecule has 0 aliphatic rings. The lowest BCUT2D eigenvalue weighted by Crippen LogP contribution is -2.54. The molecular formula is C32H39Cl2N3O4S.